The molecule has 0 unspecified atom stereocenters. The molecule has 6 heteroatoms. The van der Waals surface area contributed by atoms with Gasteiger partial charge in [0.05, 0.1) is 0 Å². The van der Waals surface area contributed by atoms with Gasteiger partial charge in [0.1, 0.15) is 5.82 Å². The molecule has 0 saturated carbocycles. The number of anilines is 1. The van der Waals surface area contributed by atoms with E-state index in [1.165, 1.54) is 5.56 Å². The van der Waals surface area contributed by atoms with Crippen LogP contribution < -0.4 is 4.90 Å². The van der Waals surface area contributed by atoms with Crippen molar-refractivity contribution in [2.24, 2.45) is 0 Å². The van der Waals surface area contributed by atoms with Crippen LogP contribution in [0, 0.1) is 0 Å². The molecule has 0 spiro atoms. The number of hydrogen-bond donors (Lipinski definition) is 0. The lowest BCUT2D eigenvalue weighted by molar-refractivity contribution is 0.698. The van der Waals surface area contributed by atoms with Gasteiger partial charge >= 0.3 is 0 Å². The van der Waals surface area contributed by atoms with Crippen LogP contribution in [-0.4, -0.2) is 32.7 Å². The predicted molar refractivity (Wildman–Crippen MR) is 88.1 cm³/mol. The molecule has 0 saturated heterocycles. The van der Waals surface area contributed by atoms with Crippen LogP contribution in [0.2, 0.25) is 0 Å². The van der Waals surface area contributed by atoms with Crippen molar-refractivity contribution < 1.29 is 0 Å². The molecular weight excluding hydrogens is 294 g/mol. The first-order valence-corrected chi connectivity index (χ1v) is 8.41. The monoisotopic (exact) mass is 309 g/mol. The summed E-state index contributed by atoms with van der Waals surface area (Å²) >= 11 is 1.56. The zero-order chi connectivity index (χ0) is 14.9. The third-order valence-electron chi connectivity index (χ3n) is 3.86. The van der Waals surface area contributed by atoms with Crippen LogP contribution in [0.1, 0.15) is 11.3 Å². The highest BCUT2D eigenvalue weighted by molar-refractivity contribution is 7.98. The SMILES string of the molecule is CSc1nccc(N2CCc3nc4ncccc4cc3C2)n1. The maximum Gasteiger partial charge on any atom is 0.189 e. The number of hydrogen-bond acceptors (Lipinski definition) is 6. The van der Waals surface area contributed by atoms with E-state index in [2.05, 4.69) is 32.0 Å². The van der Waals surface area contributed by atoms with Crippen molar-refractivity contribution in [3.05, 3.63) is 47.9 Å². The van der Waals surface area contributed by atoms with E-state index >= 15 is 0 Å². The Morgan fingerprint density at radius 1 is 1.14 bits per heavy atom. The Kier molecular flexibility index (Phi) is 3.38. The number of fused-ring (bicyclic) bond motifs is 2. The molecule has 0 fully saturated rings. The van der Waals surface area contributed by atoms with Gasteiger partial charge in [-0.1, -0.05) is 11.8 Å². The number of rotatable bonds is 2. The second-order valence-electron chi connectivity index (χ2n) is 5.22. The van der Waals surface area contributed by atoms with Gasteiger partial charge in [-0.05, 0) is 36.1 Å². The summed E-state index contributed by atoms with van der Waals surface area (Å²) in [6, 6.07) is 8.19. The van der Waals surface area contributed by atoms with Crippen LogP contribution in [0.5, 0.6) is 0 Å². The van der Waals surface area contributed by atoms with Gasteiger partial charge < -0.3 is 4.90 Å². The van der Waals surface area contributed by atoms with E-state index in [0.717, 1.165) is 47.2 Å². The Balaban J connectivity index is 1.69. The molecular formula is C16H15N5S. The highest BCUT2D eigenvalue weighted by Gasteiger charge is 2.19. The average molecular weight is 309 g/mol. The number of pyridine rings is 2. The van der Waals surface area contributed by atoms with Gasteiger partial charge in [0.15, 0.2) is 10.8 Å². The van der Waals surface area contributed by atoms with E-state index < -0.39 is 0 Å². The Morgan fingerprint density at radius 3 is 3.00 bits per heavy atom. The summed E-state index contributed by atoms with van der Waals surface area (Å²) in [6.07, 6.45) is 6.53. The van der Waals surface area contributed by atoms with Gasteiger partial charge in [0.2, 0.25) is 0 Å². The molecule has 3 aromatic rings. The molecule has 0 bridgehead atoms. The van der Waals surface area contributed by atoms with Crippen molar-refractivity contribution in [2.75, 3.05) is 17.7 Å². The summed E-state index contributed by atoms with van der Waals surface area (Å²) in [4.78, 5) is 20.2. The van der Waals surface area contributed by atoms with Gasteiger partial charge in [-0.15, -0.1) is 0 Å². The lowest BCUT2D eigenvalue weighted by atomic mass is 10.0. The smallest absolute Gasteiger partial charge is 0.189 e. The molecule has 110 valence electrons. The summed E-state index contributed by atoms with van der Waals surface area (Å²) in [5, 5.41) is 1.90. The van der Waals surface area contributed by atoms with Crippen LogP contribution in [0.4, 0.5) is 5.82 Å². The average Bonchev–Trinajstić information content (AvgIpc) is 2.59. The minimum atomic E-state index is 0.809. The van der Waals surface area contributed by atoms with Gasteiger partial charge in [0, 0.05) is 43.0 Å². The van der Waals surface area contributed by atoms with E-state index in [1.54, 1.807) is 18.0 Å². The van der Waals surface area contributed by atoms with Gasteiger partial charge in [0.25, 0.3) is 0 Å². The quantitative estimate of drug-likeness (QED) is 0.536. The molecule has 4 rings (SSSR count). The molecule has 3 aromatic heterocycles. The Hall–Kier alpha value is -2.21. The van der Waals surface area contributed by atoms with Crippen molar-refractivity contribution in [3.63, 3.8) is 0 Å². The molecule has 1 aliphatic rings. The zero-order valence-electron chi connectivity index (χ0n) is 12.2. The van der Waals surface area contributed by atoms with Gasteiger partial charge in [-0.2, -0.15) is 0 Å². The summed E-state index contributed by atoms with van der Waals surface area (Å²) in [7, 11) is 0. The molecule has 0 aromatic carbocycles. The highest BCUT2D eigenvalue weighted by Crippen LogP contribution is 2.25. The lowest BCUT2D eigenvalue weighted by Gasteiger charge is -2.29. The van der Waals surface area contributed by atoms with E-state index in [9.17, 15) is 0 Å². The maximum atomic E-state index is 4.70. The van der Waals surface area contributed by atoms with Crippen LogP contribution in [0.25, 0.3) is 11.0 Å². The summed E-state index contributed by atoms with van der Waals surface area (Å²) in [6.45, 7) is 1.75. The fraction of sp³-hybridized carbons (Fsp3) is 0.250. The fourth-order valence-corrected chi connectivity index (χ4v) is 3.12. The molecule has 5 nitrogen and oxygen atoms in total. The van der Waals surface area contributed by atoms with Gasteiger partial charge in [-0.25, -0.2) is 19.9 Å². The van der Waals surface area contributed by atoms with E-state index in [4.69, 9.17) is 4.98 Å². The number of thioether (sulfide) groups is 1. The van der Waals surface area contributed by atoms with Crippen molar-refractivity contribution in [2.45, 2.75) is 18.1 Å². The minimum absolute atomic E-state index is 0.809. The maximum absolute atomic E-state index is 4.70. The first-order valence-electron chi connectivity index (χ1n) is 7.19. The van der Waals surface area contributed by atoms with Crippen LogP contribution >= 0.6 is 11.8 Å². The molecule has 0 radical (unpaired) electrons. The molecule has 22 heavy (non-hydrogen) atoms. The third kappa shape index (κ3) is 2.39. The van der Waals surface area contributed by atoms with Crippen molar-refractivity contribution in [3.8, 4) is 0 Å². The summed E-state index contributed by atoms with van der Waals surface area (Å²) in [5.74, 6) is 0.983. The van der Waals surface area contributed by atoms with Gasteiger partial charge in [-0.3, -0.25) is 0 Å². The Labute approximate surface area is 132 Å². The summed E-state index contributed by atoms with van der Waals surface area (Å²) in [5.41, 5.74) is 3.25. The minimum Gasteiger partial charge on any atom is -0.352 e. The van der Waals surface area contributed by atoms with E-state index in [0.29, 0.717) is 0 Å². The second-order valence-corrected chi connectivity index (χ2v) is 5.99. The van der Waals surface area contributed by atoms with Crippen molar-refractivity contribution >= 4 is 28.6 Å². The molecule has 4 heterocycles. The standard InChI is InChI=1S/C16H15N5S/c1-22-16-18-7-4-14(20-16)21-8-5-13-12(10-21)9-11-3-2-6-17-15(11)19-13/h2-4,6-7,9H,5,8,10H2,1H3. The Morgan fingerprint density at radius 2 is 2.09 bits per heavy atom. The number of nitrogens with zero attached hydrogens (tertiary/aromatic N) is 5. The second kappa shape index (κ2) is 5.53. The van der Waals surface area contributed by atoms with E-state index in [-0.39, 0.29) is 0 Å². The topological polar surface area (TPSA) is 54.8 Å². The van der Waals surface area contributed by atoms with Crippen LogP contribution in [0.15, 0.2) is 41.8 Å². The lowest BCUT2D eigenvalue weighted by Crippen LogP contribution is -2.31. The normalized spacial score (nSPS) is 14.1. The molecule has 0 N–H and O–H groups in total. The largest absolute Gasteiger partial charge is 0.352 e. The summed E-state index contributed by atoms with van der Waals surface area (Å²) < 4.78 is 0. The number of aromatic nitrogens is 4. The molecule has 1 aliphatic heterocycles. The molecule has 0 aliphatic carbocycles. The Bertz CT molecular complexity index is 836. The van der Waals surface area contributed by atoms with Crippen LogP contribution in [0.3, 0.4) is 0 Å². The highest BCUT2D eigenvalue weighted by atomic mass is 32.2. The first-order chi connectivity index (χ1) is 10.8. The van der Waals surface area contributed by atoms with Crippen LogP contribution in [-0.2, 0) is 13.0 Å². The third-order valence-corrected chi connectivity index (χ3v) is 4.43. The van der Waals surface area contributed by atoms with Crippen molar-refractivity contribution in [1.82, 2.24) is 19.9 Å². The molecule has 0 amide bonds. The van der Waals surface area contributed by atoms with Crippen molar-refractivity contribution in [1.29, 1.82) is 0 Å². The molecule has 0 atom stereocenters. The fourth-order valence-electron chi connectivity index (χ4n) is 2.77. The first kappa shape index (κ1) is 13.5. The predicted octanol–water partition coefficient (Wildman–Crippen LogP) is 2.70. The van der Waals surface area contributed by atoms with E-state index in [1.807, 2.05) is 24.6 Å². The zero-order valence-corrected chi connectivity index (χ0v) is 13.0.